The molecule has 4 nitrogen and oxygen atoms in total. The third-order valence-electron chi connectivity index (χ3n) is 3.92. The van der Waals surface area contributed by atoms with Gasteiger partial charge in [0.15, 0.2) is 11.5 Å². The van der Waals surface area contributed by atoms with Crippen molar-refractivity contribution in [3.8, 4) is 11.5 Å². The van der Waals surface area contributed by atoms with Crippen molar-refractivity contribution >= 4 is 5.91 Å². The van der Waals surface area contributed by atoms with Gasteiger partial charge in [-0.1, -0.05) is 50.3 Å². The zero-order valence-electron chi connectivity index (χ0n) is 15.7. The molecule has 0 radical (unpaired) electrons. The topological polar surface area (TPSA) is 47.6 Å². The third kappa shape index (κ3) is 7.60. The molecule has 0 aliphatic carbocycles. The monoisotopic (exact) mass is 355 g/mol. The second kappa shape index (κ2) is 11.2. The van der Waals surface area contributed by atoms with E-state index in [2.05, 4.69) is 37.4 Å². The van der Waals surface area contributed by atoms with Gasteiger partial charge in [-0.3, -0.25) is 4.79 Å². The first-order valence-electron chi connectivity index (χ1n) is 9.31. The summed E-state index contributed by atoms with van der Waals surface area (Å²) in [4.78, 5) is 11.5. The minimum atomic E-state index is -0.0455. The fourth-order valence-corrected chi connectivity index (χ4v) is 2.50. The minimum absolute atomic E-state index is 0.0455. The van der Waals surface area contributed by atoms with Gasteiger partial charge in [0.05, 0.1) is 0 Å². The molecule has 0 fully saturated rings. The lowest BCUT2D eigenvalue weighted by molar-refractivity contribution is -0.116. The van der Waals surface area contributed by atoms with E-state index in [0.717, 1.165) is 37.2 Å². The van der Waals surface area contributed by atoms with E-state index in [1.807, 2.05) is 24.3 Å². The Morgan fingerprint density at radius 1 is 1.12 bits per heavy atom. The Labute approximate surface area is 156 Å². The smallest absolute Gasteiger partial charge is 0.243 e. The summed E-state index contributed by atoms with van der Waals surface area (Å²) in [6.07, 6.45) is 15.7. The molecule has 0 unspecified atom stereocenters. The van der Waals surface area contributed by atoms with Gasteiger partial charge in [-0.2, -0.15) is 0 Å². The molecule has 0 spiro atoms. The Morgan fingerprint density at radius 2 is 1.92 bits per heavy atom. The number of carbonyl (C=O) groups excluding carboxylic acids is 1. The average Bonchev–Trinajstić information content (AvgIpc) is 3.09. The predicted octanol–water partition coefficient (Wildman–Crippen LogP) is 4.57. The van der Waals surface area contributed by atoms with Crippen LogP contribution in [0.25, 0.3) is 0 Å². The average molecular weight is 355 g/mol. The lowest BCUT2D eigenvalue weighted by Crippen LogP contribution is -2.25. The van der Waals surface area contributed by atoms with Crippen molar-refractivity contribution in [1.29, 1.82) is 0 Å². The summed E-state index contributed by atoms with van der Waals surface area (Å²) in [7, 11) is 0. The Morgan fingerprint density at radius 3 is 2.77 bits per heavy atom. The zero-order chi connectivity index (χ0) is 18.6. The van der Waals surface area contributed by atoms with Crippen molar-refractivity contribution in [2.45, 2.75) is 39.5 Å². The Balaban J connectivity index is 1.54. The lowest BCUT2D eigenvalue weighted by atomic mass is 10.1. The number of rotatable bonds is 10. The van der Waals surface area contributed by atoms with Crippen LogP contribution >= 0.6 is 0 Å². The van der Waals surface area contributed by atoms with Gasteiger partial charge in [-0.25, -0.2) is 0 Å². The summed E-state index contributed by atoms with van der Waals surface area (Å²) in [6.45, 7) is 5.18. The molecule has 0 saturated carbocycles. The number of aryl methyl sites for hydroxylation is 1. The molecule has 2 rings (SSSR count). The van der Waals surface area contributed by atoms with Crippen LogP contribution in [-0.4, -0.2) is 19.2 Å². The molecule has 1 aliphatic heterocycles. The van der Waals surface area contributed by atoms with E-state index in [9.17, 15) is 4.79 Å². The van der Waals surface area contributed by atoms with Crippen molar-refractivity contribution in [2.24, 2.45) is 5.92 Å². The normalized spacial score (nSPS) is 13.5. The Kier molecular flexibility index (Phi) is 8.53. The second-order valence-corrected chi connectivity index (χ2v) is 6.74. The SMILES string of the molecule is CC(C)CNC(=O)C=CC=CC=CCCCCc1ccc2c(c1)OCO2. The predicted molar refractivity (Wildman–Crippen MR) is 105 cm³/mol. The van der Waals surface area contributed by atoms with Gasteiger partial charge in [0, 0.05) is 12.6 Å². The van der Waals surface area contributed by atoms with Gasteiger partial charge in [-0.15, -0.1) is 0 Å². The molecule has 1 amide bonds. The standard InChI is InChI=1S/C22H29NO3/c1-18(2)16-23-22(24)12-10-8-6-4-3-5-7-9-11-19-13-14-20-21(15-19)26-17-25-20/h3-4,6,8,10,12-15,18H,5,7,9,11,16-17H2,1-2H3,(H,23,24). The van der Waals surface area contributed by atoms with Crippen LogP contribution in [0.2, 0.25) is 0 Å². The number of ether oxygens (including phenoxy) is 2. The van der Waals surface area contributed by atoms with Crippen molar-refractivity contribution in [3.05, 3.63) is 60.2 Å². The molecule has 1 N–H and O–H groups in total. The third-order valence-corrected chi connectivity index (χ3v) is 3.92. The molecule has 1 aromatic rings. The highest BCUT2D eigenvalue weighted by Gasteiger charge is 2.12. The molecule has 0 bridgehead atoms. The highest BCUT2D eigenvalue weighted by atomic mass is 16.7. The van der Waals surface area contributed by atoms with Crippen LogP contribution in [0, 0.1) is 5.92 Å². The van der Waals surface area contributed by atoms with Crippen molar-refractivity contribution in [2.75, 3.05) is 13.3 Å². The van der Waals surface area contributed by atoms with E-state index in [-0.39, 0.29) is 5.91 Å². The van der Waals surface area contributed by atoms with E-state index in [0.29, 0.717) is 19.3 Å². The molecule has 1 aliphatic rings. The molecular formula is C22H29NO3. The lowest BCUT2D eigenvalue weighted by Gasteiger charge is -2.03. The maximum absolute atomic E-state index is 11.5. The van der Waals surface area contributed by atoms with Crippen LogP contribution < -0.4 is 14.8 Å². The first-order valence-corrected chi connectivity index (χ1v) is 9.31. The fourth-order valence-electron chi connectivity index (χ4n) is 2.50. The summed E-state index contributed by atoms with van der Waals surface area (Å²) in [6, 6.07) is 6.17. The largest absolute Gasteiger partial charge is 0.454 e. The van der Waals surface area contributed by atoms with Gasteiger partial charge in [0.25, 0.3) is 0 Å². The number of unbranched alkanes of at least 4 members (excludes halogenated alkanes) is 2. The highest BCUT2D eigenvalue weighted by Crippen LogP contribution is 2.32. The van der Waals surface area contributed by atoms with Gasteiger partial charge < -0.3 is 14.8 Å². The van der Waals surface area contributed by atoms with Crippen LogP contribution in [0.15, 0.2) is 54.7 Å². The summed E-state index contributed by atoms with van der Waals surface area (Å²) in [5.74, 6) is 2.13. The van der Waals surface area contributed by atoms with Crippen LogP contribution in [0.3, 0.4) is 0 Å². The van der Waals surface area contributed by atoms with Gasteiger partial charge in [0.1, 0.15) is 0 Å². The van der Waals surface area contributed by atoms with Crippen LogP contribution in [0.1, 0.15) is 38.7 Å². The van der Waals surface area contributed by atoms with Gasteiger partial charge >= 0.3 is 0 Å². The Hall–Kier alpha value is -2.49. The number of benzene rings is 1. The van der Waals surface area contributed by atoms with Crippen molar-refractivity contribution in [3.63, 3.8) is 0 Å². The summed E-state index contributed by atoms with van der Waals surface area (Å²) < 4.78 is 10.7. The van der Waals surface area contributed by atoms with E-state index in [4.69, 9.17) is 9.47 Å². The number of fused-ring (bicyclic) bond motifs is 1. The molecule has 0 aromatic heterocycles. The molecular weight excluding hydrogens is 326 g/mol. The molecule has 0 atom stereocenters. The number of amides is 1. The number of allylic oxidation sites excluding steroid dienone is 5. The molecule has 140 valence electrons. The summed E-state index contributed by atoms with van der Waals surface area (Å²) in [5.41, 5.74) is 1.29. The maximum Gasteiger partial charge on any atom is 0.243 e. The van der Waals surface area contributed by atoms with E-state index >= 15 is 0 Å². The first kappa shape index (κ1) is 19.8. The molecule has 26 heavy (non-hydrogen) atoms. The van der Waals surface area contributed by atoms with E-state index < -0.39 is 0 Å². The van der Waals surface area contributed by atoms with E-state index in [1.165, 1.54) is 5.56 Å². The first-order chi connectivity index (χ1) is 12.6. The highest BCUT2D eigenvalue weighted by molar-refractivity contribution is 5.87. The number of nitrogens with one attached hydrogen (secondary N) is 1. The van der Waals surface area contributed by atoms with Crippen LogP contribution in [-0.2, 0) is 11.2 Å². The van der Waals surface area contributed by atoms with Crippen molar-refractivity contribution < 1.29 is 14.3 Å². The second-order valence-electron chi connectivity index (χ2n) is 6.74. The zero-order valence-corrected chi connectivity index (χ0v) is 15.7. The minimum Gasteiger partial charge on any atom is -0.454 e. The van der Waals surface area contributed by atoms with Gasteiger partial charge in [0.2, 0.25) is 12.7 Å². The number of hydrogen-bond donors (Lipinski definition) is 1. The fraction of sp³-hybridized carbons (Fsp3) is 0.409. The van der Waals surface area contributed by atoms with Crippen molar-refractivity contribution in [1.82, 2.24) is 5.32 Å². The summed E-state index contributed by atoms with van der Waals surface area (Å²) >= 11 is 0. The molecule has 4 heteroatoms. The Bertz CT molecular complexity index is 659. The maximum atomic E-state index is 11.5. The quantitative estimate of drug-likeness (QED) is 0.380. The molecule has 1 heterocycles. The number of carbonyl (C=O) groups is 1. The molecule has 0 saturated heterocycles. The number of hydrogen-bond acceptors (Lipinski definition) is 3. The molecule has 1 aromatic carbocycles. The van der Waals surface area contributed by atoms with Gasteiger partial charge in [-0.05, 0) is 49.3 Å². The van der Waals surface area contributed by atoms with Crippen LogP contribution in [0.5, 0.6) is 11.5 Å². The van der Waals surface area contributed by atoms with Crippen LogP contribution in [0.4, 0.5) is 0 Å². The summed E-state index contributed by atoms with van der Waals surface area (Å²) in [5, 5.41) is 2.84. The van der Waals surface area contributed by atoms with E-state index in [1.54, 1.807) is 12.2 Å².